The van der Waals surface area contributed by atoms with Gasteiger partial charge in [0.05, 0.1) is 5.39 Å². The maximum absolute atomic E-state index is 11.7. The summed E-state index contributed by atoms with van der Waals surface area (Å²) in [5, 5.41) is 8.96. The van der Waals surface area contributed by atoms with Gasteiger partial charge in [0.1, 0.15) is 11.7 Å². The SMILES string of the molecule is N#CCOC(=O)c1cc(=O)c2cc(Cl)ccc2o1. The van der Waals surface area contributed by atoms with E-state index in [0.29, 0.717) is 5.02 Å². The molecule has 0 N–H and O–H groups in total. The molecule has 5 nitrogen and oxygen atoms in total. The number of benzene rings is 1. The molecule has 0 aliphatic carbocycles. The van der Waals surface area contributed by atoms with Crippen molar-refractivity contribution in [3.05, 3.63) is 45.3 Å². The molecule has 6 heteroatoms. The van der Waals surface area contributed by atoms with Gasteiger partial charge in [-0.25, -0.2) is 4.79 Å². The van der Waals surface area contributed by atoms with Gasteiger partial charge in [-0.2, -0.15) is 5.26 Å². The topological polar surface area (TPSA) is 80.3 Å². The molecule has 1 aromatic carbocycles. The highest BCUT2D eigenvalue weighted by Gasteiger charge is 2.13. The Labute approximate surface area is 106 Å². The Kier molecular flexibility index (Phi) is 3.31. The van der Waals surface area contributed by atoms with E-state index in [-0.39, 0.29) is 16.7 Å². The number of carbonyl (C=O) groups excluding carboxylic acids is 1. The second-order valence-electron chi connectivity index (χ2n) is 3.35. The highest BCUT2D eigenvalue weighted by Crippen LogP contribution is 2.17. The van der Waals surface area contributed by atoms with Crippen LogP contribution in [-0.2, 0) is 4.74 Å². The molecule has 0 radical (unpaired) electrons. The molecule has 0 aliphatic heterocycles. The number of halogens is 1. The van der Waals surface area contributed by atoms with Crippen LogP contribution < -0.4 is 5.43 Å². The Hall–Kier alpha value is -2.32. The maximum Gasteiger partial charge on any atom is 0.375 e. The molecule has 0 aliphatic rings. The fraction of sp³-hybridized carbons (Fsp3) is 0.0833. The molecule has 0 spiro atoms. The number of fused-ring (bicyclic) bond motifs is 1. The van der Waals surface area contributed by atoms with Crippen molar-refractivity contribution < 1.29 is 13.9 Å². The fourth-order valence-electron chi connectivity index (χ4n) is 1.40. The van der Waals surface area contributed by atoms with Crippen LogP contribution in [0.3, 0.4) is 0 Å². The van der Waals surface area contributed by atoms with E-state index in [9.17, 15) is 9.59 Å². The second kappa shape index (κ2) is 4.90. The number of hydrogen-bond acceptors (Lipinski definition) is 5. The molecule has 90 valence electrons. The van der Waals surface area contributed by atoms with E-state index in [1.165, 1.54) is 18.2 Å². The van der Waals surface area contributed by atoms with Gasteiger partial charge in [-0.15, -0.1) is 0 Å². The monoisotopic (exact) mass is 263 g/mol. The lowest BCUT2D eigenvalue weighted by Crippen LogP contribution is -2.10. The first-order valence-electron chi connectivity index (χ1n) is 4.89. The van der Waals surface area contributed by atoms with E-state index in [1.54, 1.807) is 6.07 Å². The van der Waals surface area contributed by atoms with E-state index < -0.39 is 18.0 Å². The summed E-state index contributed by atoms with van der Waals surface area (Å²) < 4.78 is 9.76. The zero-order valence-electron chi connectivity index (χ0n) is 8.97. The third-order valence-electron chi connectivity index (χ3n) is 2.16. The molecule has 18 heavy (non-hydrogen) atoms. The molecule has 0 saturated heterocycles. The third-order valence-corrected chi connectivity index (χ3v) is 2.39. The van der Waals surface area contributed by atoms with Gasteiger partial charge in [0.2, 0.25) is 5.76 Å². The van der Waals surface area contributed by atoms with Crippen molar-refractivity contribution in [3.8, 4) is 6.07 Å². The van der Waals surface area contributed by atoms with Gasteiger partial charge < -0.3 is 9.15 Å². The van der Waals surface area contributed by atoms with Crippen LogP contribution in [0.1, 0.15) is 10.6 Å². The van der Waals surface area contributed by atoms with E-state index in [2.05, 4.69) is 4.74 Å². The smallest absolute Gasteiger partial charge is 0.375 e. The largest absolute Gasteiger partial charge is 0.449 e. The molecule has 0 unspecified atom stereocenters. The minimum atomic E-state index is -0.856. The van der Waals surface area contributed by atoms with Crippen LogP contribution >= 0.6 is 11.6 Å². The van der Waals surface area contributed by atoms with E-state index in [0.717, 1.165) is 6.07 Å². The molecule has 0 bridgehead atoms. The van der Waals surface area contributed by atoms with Crippen LogP contribution in [0.15, 0.2) is 33.5 Å². The van der Waals surface area contributed by atoms with Crippen LogP contribution in [0.25, 0.3) is 11.0 Å². The molecular formula is C12H6ClNO4. The summed E-state index contributed by atoms with van der Waals surface area (Å²) in [5.41, 5.74) is -0.168. The summed E-state index contributed by atoms with van der Waals surface area (Å²) >= 11 is 5.75. The average Bonchev–Trinajstić information content (AvgIpc) is 2.36. The van der Waals surface area contributed by atoms with Crippen molar-refractivity contribution in [1.82, 2.24) is 0 Å². The summed E-state index contributed by atoms with van der Waals surface area (Å²) in [5.74, 6) is -1.10. The van der Waals surface area contributed by atoms with Crippen molar-refractivity contribution in [1.29, 1.82) is 5.26 Å². The predicted octanol–water partition coefficient (Wildman–Crippen LogP) is 2.13. The van der Waals surface area contributed by atoms with Gasteiger partial charge in [-0.1, -0.05) is 11.6 Å². The van der Waals surface area contributed by atoms with Crippen LogP contribution in [0.5, 0.6) is 0 Å². The van der Waals surface area contributed by atoms with Gasteiger partial charge >= 0.3 is 5.97 Å². The van der Waals surface area contributed by atoms with Gasteiger partial charge in [-0.05, 0) is 18.2 Å². The molecule has 0 amide bonds. The quantitative estimate of drug-likeness (QED) is 0.775. The van der Waals surface area contributed by atoms with Crippen LogP contribution in [0.4, 0.5) is 0 Å². The molecule has 2 aromatic rings. The lowest BCUT2D eigenvalue weighted by Gasteiger charge is -2.02. The second-order valence-corrected chi connectivity index (χ2v) is 3.79. The summed E-state index contributed by atoms with van der Waals surface area (Å²) in [7, 11) is 0. The molecule has 0 fully saturated rings. The number of carbonyl (C=O) groups is 1. The van der Waals surface area contributed by atoms with E-state index in [1.807, 2.05) is 0 Å². The standard InChI is InChI=1S/C12H6ClNO4/c13-7-1-2-10-8(5-7)9(15)6-11(18-10)12(16)17-4-3-14/h1-2,5-6H,4H2. The summed E-state index contributed by atoms with van der Waals surface area (Å²) in [6, 6.07) is 7.14. The van der Waals surface area contributed by atoms with Crippen LogP contribution in [0, 0.1) is 11.3 Å². The van der Waals surface area contributed by atoms with Crippen molar-refractivity contribution >= 4 is 28.5 Å². The Morgan fingerprint density at radius 3 is 2.94 bits per heavy atom. The van der Waals surface area contributed by atoms with Gasteiger partial charge in [0, 0.05) is 11.1 Å². The molecule has 2 rings (SSSR count). The molecule has 1 aromatic heterocycles. The number of nitrogens with zero attached hydrogens (tertiary/aromatic N) is 1. The highest BCUT2D eigenvalue weighted by molar-refractivity contribution is 6.31. The fourth-order valence-corrected chi connectivity index (χ4v) is 1.57. The first-order valence-corrected chi connectivity index (χ1v) is 5.27. The Morgan fingerprint density at radius 1 is 1.44 bits per heavy atom. The lowest BCUT2D eigenvalue weighted by molar-refractivity contribution is 0.0519. The van der Waals surface area contributed by atoms with Crippen LogP contribution in [-0.4, -0.2) is 12.6 Å². The zero-order chi connectivity index (χ0) is 13.1. The van der Waals surface area contributed by atoms with Gasteiger partial charge in [-0.3, -0.25) is 4.79 Å². The zero-order valence-corrected chi connectivity index (χ0v) is 9.73. The number of hydrogen-bond donors (Lipinski definition) is 0. The maximum atomic E-state index is 11.7. The van der Waals surface area contributed by atoms with E-state index >= 15 is 0 Å². The molecule has 1 heterocycles. The summed E-state index contributed by atoms with van der Waals surface area (Å²) in [6.45, 7) is -0.402. The van der Waals surface area contributed by atoms with Crippen molar-refractivity contribution in [2.75, 3.05) is 6.61 Å². The Morgan fingerprint density at radius 2 is 2.22 bits per heavy atom. The summed E-state index contributed by atoms with van der Waals surface area (Å²) in [6.07, 6.45) is 0. The Balaban J connectivity index is 2.50. The highest BCUT2D eigenvalue weighted by atomic mass is 35.5. The number of esters is 1. The first-order chi connectivity index (χ1) is 8.61. The van der Waals surface area contributed by atoms with Gasteiger partial charge in [0.25, 0.3) is 0 Å². The van der Waals surface area contributed by atoms with Crippen molar-refractivity contribution in [2.24, 2.45) is 0 Å². The minimum absolute atomic E-state index is 0.232. The lowest BCUT2D eigenvalue weighted by atomic mass is 10.2. The summed E-state index contributed by atoms with van der Waals surface area (Å²) in [4.78, 5) is 23.2. The normalized spacial score (nSPS) is 10.0. The molecule has 0 atom stereocenters. The molecular weight excluding hydrogens is 258 g/mol. The number of nitriles is 1. The number of rotatable bonds is 2. The van der Waals surface area contributed by atoms with Crippen molar-refractivity contribution in [3.63, 3.8) is 0 Å². The van der Waals surface area contributed by atoms with Crippen molar-refractivity contribution in [2.45, 2.75) is 0 Å². The molecule has 0 saturated carbocycles. The Bertz CT molecular complexity index is 714. The number of ether oxygens (including phenoxy) is 1. The first kappa shape index (κ1) is 12.1. The average molecular weight is 264 g/mol. The third kappa shape index (κ3) is 2.34. The minimum Gasteiger partial charge on any atom is -0.449 e. The van der Waals surface area contributed by atoms with E-state index in [4.69, 9.17) is 21.3 Å². The van der Waals surface area contributed by atoms with Crippen LogP contribution in [0.2, 0.25) is 5.02 Å². The predicted molar refractivity (Wildman–Crippen MR) is 63.4 cm³/mol. The van der Waals surface area contributed by atoms with Gasteiger partial charge in [0.15, 0.2) is 12.0 Å².